The number of fused-ring (bicyclic) bond motifs is 1. The number of carboxylic acid groups (broad SMARTS) is 1. The van der Waals surface area contributed by atoms with Crippen LogP contribution >= 0.6 is 0 Å². The maximum absolute atomic E-state index is 13.4. The van der Waals surface area contributed by atoms with E-state index in [1.165, 1.54) is 24.3 Å². The van der Waals surface area contributed by atoms with E-state index in [-0.39, 0.29) is 22.1 Å². The minimum Gasteiger partial charge on any atom is -0.481 e. The SMILES string of the molecule is O=C(O)CC[C@@H]1CCCc2cc(S(=O)(=O)c3cccc(F)c3)ccc21. The average Bonchev–Trinajstić information content (AvgIpc) is 2.59. The molecule has 0 heterocycles. The topological polar surface area (TPSA) is 71.4 Å². The normalized spacial score (nSPS) is 17.1. The Bertz CT molecular complexity index is 905. The first kappa shape index (κ1) is 17.6. The Morgan fingerprint density at radius 3 is 2.64 bits per heavy atom. The lowest BCUT2D eigenvalue weighted by Gasteiger charge is -2.25. The Hall–Kier alpha value is -2.21. The predicted octanol–water partition coefficient (Wildman–Crippen LogP) is 3.94. The first-order chi connectivity index (χ1) is 11.9. The highest BCUT2D eigenvalue weighted by atomic mass is 32.2. The predicted molar refractivity (Wildman–Crippen MR) is 90.8 cm³/mol. The van der Waals surface area contributed by atoms with E-state index >= 15 is 0 Å². The summed E-state index contributed by atoms with van der Waals surface area (Å²) in [6.07, 6.45) is 3.24. The van der Waals surface area contributed by atoms with Gasteiger partial charge in [-0.2, -0.15) is 0 Å². The van der Waals surface area contributed by atoms with Gasteiger partial charge in [-0.1, -0.05) is 12.1 Å². The molecule has 1 aliphatic rings. The number of carboxylic acids is 1. The van der Waals surface area contributed by atoms with Gasteiger partial charge in [0.2, 0.25) is 9.84 Å². The molecule has 2 aromatic carbocycles. The molecule has 1 N–H and O–H groups in total. The number of aryl methyl sites for hydroxylation is 1. The smallest absolute Gasteiger partial charge is 0.303 e. The number of hydrogen-bond donors (Lipinski definition) is 1. The zero-order valence-electron chi connectivity index (χ0n) is 13.6. The maximum Gasteiger partial charge on any atom is 0.303 e. The molecule has 2 aromatic rings. The summed E-state index contributed by atoms with van der Waals surface area (Å²) in [6.45, 7) is 0. The van der Waals surface area contributed by atoms with Crippen LogP contribution in [0.2, 0.25) is 0 Å². The zero-order valence-corrected chi connectivity index (χ0v) is 14.4. The van der Waals surface area contributed by atoms with E-state index in [1.807, 2.05) is 0 Å². The van der Waals surface area contributed by atoms with Gasteiger partial charge in [0.05, 0.1) is 9.79 Å². The Morgan fingerprint density at radius 2 is 1.92 bits per heavy atom. The molecule has 0 saturated carbocycles. The van der Waals surface area contributed by atoms with Crippen LogP contribution in [-0.2, 0) is 21.1 Å². The molecule has 4 nitrogen and oxygen atoms in total. The van der Waals surface area contributed by atoms with Crippen LogP contribution in [0.15, 0.2) is 52.3 Å². The van der Waals surface area contributed by atoms with E-state index in [1.54, 1.807) is 12.1 Å². The second kappa shape index (κ2) is 6.96. The van der Waals surface area contributed by atoms with Crippen molar-refractivity contribution < 1.29 is 22.7 Å². The fourth-order valence-electron chi connectivity index (χ4n) is 3.43. The van der Waals surface area contributed by atoms with Gasteiger partial charge in [0.15, 0.2) is 0 Å². The third-order valence-corrected chi connectivity index (χ3v) is 6.43. The number of carbonyl (C=O) groups is 1. The lowest BCUT2D eigenvalue weighted by atomic mass is 9.80. The van der Waals surface area contributed by atoms with Crippen molar-refractivity contribution in [2.24, 2.45) is 0 Å². The number of hydrogen-bond acceptors (Lipinski definition) is 3. The van der Waals surface area contributed by atoms with Crippen molar-refractivity contribution in [3.63, 3.8) is 0 Å². The van der Waals surface area contributed by atoms with E-state index in [2.05, 4.69) is 0 Å². The number of sulfone groups is 1. The van der Waals surface area contributed by atoms with Crippen LogP contribution < -0.4 is 0 Å². The van der Waals surface area contributed by atoms with Crippen molar-refractivity contribution >= 4 is 15.8 Å². The standard InChI is InChI=1S/C19H19FO4S/c20-15-5-2-6-16(12-15)25(23,24)17-8-9-18-13(7-10-19(21)22)3-1-4-14(18)11-17/h2,5-6,8-9,11-13H,1,3-4,7,10H2,(H,21,22)/t13-/m0/s1. The van der Waals surface area contributed by atoms with Gasteiger partial charge in [0.25, 0.3) is 0 Å². The lowest BCUT2D eigenvalue weighted by Crippen LogP contribution is -2.13. The van der Waals surface area contributed by atoms with Crippen LogP contribution in [-0.4, -0.2) is 19.5 Å². The first-order valence-electron chi connectivity index (χ1n) is 8.23. The molecule has 0 aromatic heterocycles. The summed E-state index contributed by atoms with van der Waals surface area (Å²) < 4.78 is 38.8. The fraction of sp³-hybridized carbons (Fsp3) is 0.316. The summed E-state index contributed by atoms with van der Waals surface area (Å²) >= 11 is 0. The van der Waals surface area contributed by atoms with E-state index in [9.17, 15) is 17.6 Å². The number of rotatable bonds is 5. The largest absolute Gasteiger partial charge is 0.481 e. The molecule has 0 radical (unpaired) electrons. The molecule has 0 saturated heterocycles. The Morgan fingerprint density at radius 1 is 1.16 bits per heavy atom. The van der Waals surface area contributed by atoms with Crippen LogP contribution in [0.5, 0.6) is 0 Å². The Kier molecular flexibility index (Phi) is 4.90. The Balaban J connectivity index is 1.94. The molecule has 6 heteroatoms. The minimum absolute atomic E-state index is 0.0642. The molecule has 0 amide bonds. The fourth-order valence-corrected chi connectivity index (χ4v) is 4.77. The molecule has 25 heavy (non-hydrogen) atoms. The molecular formula is C19H19FO4S. The first-order valence-corrected chi connectivity index (χ1v) is 9.71. The van der Waals surface area contributed by atoms with Gasteiger partial charge < -0.3 is 5.11 Å². The summed E-state index contributed by atoms with van der Waals surface area (Å²) in [5, 5.41) is 8.88. The van der Waals surface area contributed by atoms with Crippen molar-refractivity contribution in [2.75, 3.05) is 0 Å². The van der Waals surface area contributed by atoms with Gasteiger partial charge in [-0.05, 0) is 73.1 Å². The van der Waals surface area contributed by atoms with Gasteiger partial charge in [-0.3, -0.25) is 4.79 Å². The van der Waals surface area contributed by atoms with Gasteiger partial charge >= 0.3 is 5.97 Å². The molecule has 132 valence electrons. The highest BCUT2D eigenvalue weighted by molar-refractivity contribution is 7.91. The summed E-state index contributed by atoms with van der Waals surface area (Å²) in [7, 11) is -3.77. The third-order valence-electron chi connectivity index (χ3n) is 4.68. The lowest BCUT2D eigenvalue weighted by molar-refractivity contribution is -0.137. The number of aliphatic carboxylic acids is 1. The molecule has 0 spiro atoms. The van der Waals surface area contributed by atoms with Crippen LogP contribution in [0.4, 0.5) is 4.39 Å². The van der Waals surface area contributed by atoms with Crippen molar-refractivity contribution in [3.05, 3.63) is 59.4 Å². The molecule has 1 aliphatic carbocycles. The van der Waals surface area contributed by atoms with Gasteiger partial charge in [-0.25, -0.2) is 12.8 Å². The van der Waals surface area contributed by atoms with Crippen molar-refractivity contribution in [1.29, 1.82) is 0 Å². The second-order valence-corrected chi connectivity index (χ2v) is 8.29. The van der Waals surface area contributed by atoms with Crippen LogP contribution in [0.25, 0.3) is 0 Å². The molecule has 0 unspecified atom stereocenters. The summed E-state index contributed by atoms with van der Waals surface area (Å²) in [4.78, 5) is 10.9. The van der Waals surface area contributed by atoms with Crippen LogP contribution in [0, 0.1) is 5.82 Å². The van der Waals surface area contributed by atoms with Crippen LogP contribution in [0.1, 0.15) is 42.7 Å². The highest BCUT2D eigenvalue weighted by Gasteiger charge is 2.24. The van der Waals surface area contributed by atoms with Crippen molar-refractivity contribution in [2.45, 2.75) is 47.8 Å². The molecule has 0 fully saturated rings. The summed E-state index contributed by atoms with van der Waals surface area (Å²) in [6, 6.07) is 9.97. The summed E-state index contributed by atoms with van der Waals surface area (Å²) in [5.74, 6) is -1.27. The quantitative estimate of drug-likeness (QED) is 0.874. The molecule has 0 bridgehead atoms. The van der Waals surface area contributed by atoms with Gasteiger partial charge in [0.1, 0.15) is 5.82 Å². The van der Waals surface area contributed by atoms with E-state index in [0.717, 1.165) is 36.5 Å². The molecule has 1 atom stereocenters. The van der Waals surface area contributed by atoms with Gasteiger partial charge in [-0.15, -0.1) is 0 Å². The third kappa shape index (κ3) is 3.74. The monoisotopic (exact) mass is 362 g/mol. The highest BCUT2D eigenvalue weighted by Crippen LogP contribution is 2.36. The molecule has 0 aliphatic heterocycles. The number of benzene rings is 2. The van der Waals surface area contributed by atoms with Crippen molar-refractivity contribution in [1.82, 2.24) is 0 Å². The zero-order chi connectivity index (χ0) is 18.0. The van der Waals surface area contributed by atoms with E-state index in [4.69, 9.17) is 5.11 Å². The Labute approximate surface area is 146 Å². The maximum atomic E-state index is 13.4. The summed E-state index contributed by atoms with van der Waals surface area (Å²) in [5.41, 5.74) is 1.98. The van der Waals surface area contributed by atoms with E-state index in [0.29, 0.717) is 6.42 Å². The van der Waals surface area contributed by atoms with Crippen molar-refractivity contribution in [3.8, 4) is 0 Å². The second-order valence-electron chi connectivity index (χ2n) is 6.34. The minimum atomic E-state index is -3.77. The van der Waals surface area contributed by atoms with Crippen LogP contribution in [0.3, 0.4) is 0 Å². The van der Waals surface area contributed by atoms with E-state index < -0.39 is 21.6 Å². The molecule has 3 rings (SSSR count). The molecular weight excluding hydrogens is 343 g/mol. The van der Waals surface area contributed by atoms with Gasteiger partial charge in [0, 0.05) is 6.42 Å². The number of halogens is 1. The average molecular weight is 362 g/mol.